The maximum Gasteiger partial charge on any atom is 0.258 e. The third-order valence-corrected chi connectivity index (χ3v) is 2.33. The monoisotopic (exact) mass is 203 g/mol. The molecule has 78 valence electrons. The van der Waals surface area contributed by atoms with Gasteiger partial charge in [0.15, 0.2) is 5.65 Å². The summed E-state index contributed by atoms with van der Waals surface area (Å²) in [7, 11) is 0. The van der Waals surface area contributed by atoms with E-state index in [1.165, 1.54) is 4.40 Å². The van der Waals surface area contributed by atoms with Crippen LogP contribution >= 0.6 is 0 Å². The van der Waals surface area contributed by atoms with E-state index in [2.05, 4.69) is 4.98 Å². The van der Waals surface area contributed by atoms with Gasteiger partial charge < -0.3 is 5.73 Å². The Labute approximate surface area is 87.4 Å². The summed E-state index contributed by atoms with van der Waals surface area (Å²) < 4.78 is 1.46. The first kappa shape index (κ1) is 9.71. The van der Waals surface area contributed by atoms with Gasteiger partial charge >= 0.3 is 0 Å². The summed E-state index contributed by atoms with van der Waals surface area (Å²) in [6.07, 6.45) is 1.67. The van der Waals surface area contributed by atoms with Crippen LogP contribution in [0.4, 0.5) is 5.69 Å². The molecule has 0 aromatic carbocycles. The molecular formula is C11H13N3O. The maximum absolute atomic E-state index is 11.7. The second-order valence-corrected chi connectivity index (χ2v) is 3.83. The minimum Gasteiger partial charge on any atom is -0.396 e. The van der Waals surface area contributed by atoms with E-state index in [0.29, 0.717) is 11.3 Å². The van der Waals surface area contributed by atoms with Crippen molar-refractivity contribution in [1.29, 1.82) is 0 Å². The Morgan fingerprint density at radius 3 is 2.87 bits per heavy atom. The average Bonchev–Trinajstić information content (AvgIpc) is 2.19. The minimum atomic E-state index is -0.0870. The van der Waals surface area contributed by atoms with Crippen LogP contribution in [0.25, 0.3) is 5.65 Å². The van der Waals surface area contributed by atoms with E-state index < -0.39 is 0 Å². The van der Waals surface area contributed by atoms with Crippen LogP contribution in [0.1, 0.15) is 25.5 Å². The van der Waals surface area contributed by atoms with Crippen molar-refractivity contribution in [1.82, 2.24) is 9.38 Å². The molecule has 0 aliphatic rings. The lowest BCUT2D eigenvalue weighted by Crippen LogP contribution is -2.16. The number of nitrogens with zero attached hydrogens (tertiary/aromatic N) is 2. The predicted molar refractivity (Wildman–Crippen MR) is 60.0 cm³/mol. The molecule has 4 heteroatoms. The van der Waals surface area contributed by atoms with Crippen LogP contribution in [0.5, 0.6) is 0 Å². The van der Waals surface area contributed by atoms with Gasteiger partial charge in [0.1, 0.15) is 0 Å². The zero-order valence-electron chi connectivity index (χ0n) is 8.77. The van der Waals surface area contributed by atoms with Crippen LogP contribution in [-0.4, -0.2) is 9.38 Å². The van der Waals surface area contributed by atoms with Crippen LogP contribution in [0.2, 0.25) is 0 Å². The molecule has 2 N–H and O–H groups in total. The highest BCUT2D eigenvalue weighted by molar-refractivity contribution is 5.63. The molecule has 4 nitrogen and oxygen atoms in total. The molecule has 0 fully saturated rings. The largest absolute Gasteiger partial charge is 0.396 e. The fourth-order valence-corrected chi connectivity index (χ4v) is 1.46. The number of aromatic nitrogens is 2. The molecule has 0 saturated carbocycles. The second kappa shape index (κ2) is 3.38. The van der Waals surface area contributed by atoms with Gasteiger partial charge in [-0.15, -0.1) is 0 Å². The summed E-state index contributed by atoms with van der Waals surface area (Å²) in [5.41, 5.74) is 7.52. The zero-order chi connectivity index (χ0) is 11.0. The Hall–Kier alpha value is -1.84. The Morgan fingerprint density at radius 1 is 1.47 bits per heavy atom. The molecule has 2 rings (SSSR count). The SMILES string of the molecule is CC(C)c1cc(=O)n2cccc(N)c2n1. The number of rotatable bonds is 1. The number of hydrogen-bond donors (Lipinski definition) is 1. The van der Waals surface area contributed by atoms with Crippen LogP contribution in [-0.2, 0) is 0 Å². The lowest BCUT2D eigenvalue weighted by Gasteiger charge is -2.07. The third-order valence-electron chi connectivity index (χ3n) is 2.33. The van der Waals surface area contributed by atoms with E-state index in [-0.39, 0.29) is 11.5 Å². The van der Waals surface area contributed by atoms with Crippen molar-refractivity contribution in [2.45, 2.75) is 19.8 Å². The molecule has 2 aromatic heterocycles. The lowest BCUT2D eigenvalue weighted by molar-refractivity contribution is 0.812. The zero-order valence-corrected chi connectivity index (χ0v) is 8.77. The van der Waals surface area contributed by atoms with Gasteiger partial charge in [-0.05, 0) is 18.1 Å². The molecule has 2 aromatic rings. The number of hydrogen-bond acceptors (Lipinski definition) is 3. The van der Waals surface area contributed by atoms with E-state index in [9.17, 15) is 4.79 Å². The smallest absolute Gasteiger partial charge is 0.258 e. The first-order chi connectivity index (χ1) is 7.09. The Bertz CT molecular complexity index is 557. The summed E-state index contributed by atoms with van der Waals surface area (Å²) in [6, 6.07) is 5.03. The van der Waals surface area contributed by atoms with Crippen LogP contribution in [0.3, 0.4) is 0 Å². The quantitative estimate of drug-likeness (QED) is 0.762. The van der Waals surface area contributed by atoms with Crippen molar-refractivity contribution in [2.75, 3.05) is 5.73 Å². The van der Waals surface area contributed by atoms with Crippen molar-refractivity contribution in [3.05, 3.63) is 40.4 Å². The molecule has 0 amide bonds. The van der Waals surface area contributed by atoms with Gasteiger partial charge in [0, 0.05) is 12.3 Å². The second-order valence-electron chi connectivity index (χ2n) is 3.83. The summed E-state index contributed by atoms with van der Waals surface area (Å²) >= 11 is 0. The van der Waals surface area contributed by atoms with Gasteiger partial charge in [-0.1, -0.05) is 13.8 Å². The van der Waals surface area contributed by atoms with Gasteiger partial charge in [-0.25, -0.2) is 4.98 Å². The fraction of sp³-hybridized carbons (Fsp3) is 0.273. The van der Waals surface area contributed by atoms with E-state index in [1.807, 2.05) is 13.8 Å². The average molecular weight is 203 g/mol. The highest BCUT2D eigenvalue weighted by Gasteiger charge is 2.06. The van der Waals surface area contributed by atoms with Crippen LogP contribution in [0.15, 0.2) is 29.2 Å². The molecule has 0 aliphatic heterocycles. The van der Waals surface area contributed by atoms with Crippen molar-refractivity contribution in [3.8, 4) is 0 Å². The number of nitrogen functional groups attached to an aromatic ring is 1. The predicted octanol–water partition coefficient (Wildman–Crippen LogP) is 1.40. The minimum absolute atomic E-state index is 0.0870. The highest BCUT2D eigenvalue weighted by atomic mass is 16.1. The van der Waals surface area contributed by atoms with Crippen molar-refractivity contribution in [2.24, 2.45) is 0 Å². The van der Waals surface area contributed by atoms with Crippen molar-refractivity contribution in [3.63, 3.8) is 0 Å². The van der Waals surface area contributed by atoms with Gasteiger partial charge in [0.2, 0.25) is 0 Å². The molecule has 2 heterocycles. The number of fused-ring (bicyclic) bond motifs is 1. The third kappa shape index (κ3) is 1.58. The summed E-state index contributed by atoms with van der Waals surface area (Å²) in [5.74, 6) is 0.224. The van der Waals surface area contributed by atoms with Crippen LogP contribution in [0, 0.1) is 0 Å². The molecule has 0 radical (unpaired) electrons. The Balaban J connectivity index is 2.86. The molecule has 0 unspecified atom stereocenters. The van der Waals surface area contributed by atoms with E-state index >= 15 is 0 Å². The summed E-state index contributed by atoms with van der Waals surface area (Å²) in [6.45, 7) is 3.99. The van der Waals surface area contributed by atoms with Crippen LogP contribution < -0.4 is 11.3 Å². The summed E-state index contributed by atoms with van der Waals surface area (Å²) in [5, 5.41) is 0. The van der Waals surface area contributed by atoms with E-state index in [4.69, 9.17) is 5.73 Å². The van der Waals surface area contributed by atoms with E-state index in [1.54, 1.807) is 24.4 Å². The topological polar surface area (TPSA) is 60.4 Å². The van der Waals surface area contributed by atoms with Gasteiger partial charge in [0.25, 0.3) is 5.56 Å². The molecule has 0 saturated heterocycles. The molecule has 0 spiro atoms. The Kier molecular flexibility index (Phi) is 2.19. The highest BCUT2D eigenvalue weighted by Crippen LogP contribution is 2.13. The first-order valence-corrected chi connectivity index (χ1v) is 4.87. The number of anilines is 1. The maximum atomic E-state index is 11.7. The molecule has 0 atom stereocenters. The lowest BCUT2D eigenvalue weighted by atomic mass is 10.1. The normalized spacial score (nSPS) is 11.1. The molecule has 15 heavy (non-hydrogen) atoms. The van der Waals surface area contributed by atoms with Crippen molar-refractivity contribution >= 4 is 11.3 Å². The molecular weight excluding hydrogens is 190 g/mol. The molecule has 0 aliphatic carbocycles. The first-order valence-electron chi connectivity index (χ1n) is 4.87. The standard InChI is InChI=1S/C11H13N3O/c1-7(2)9-6-10(15)14-5-3-4-8(12)11(14)13-9/h3-7H,12H2,1-2H3. The van der Waals surface area contributed by atoms with Gasteiger partial charge in [-0.3, -0.25) is 9.20 Å². The summed E-state index contributed by atoms with van der Waals surface area (Å²) in [4.78, 5) is 16.1. The number of pyridine rings is 1. The van der Waals surface area contributed by atoms with E-state index in [0.717, 1.165) is 5.69 Å². The number of nitrogens with two attached hydrogens (primary N) is 1. The van der Waals surface area contributed by atoms with Gasteiger partial charge in [0.05, 0.1) is 11.4 Å². The van der Waals surface area contributed by atoms with Crippen molar-refractivity contribution < 1.29 is 0 Å². The van der Waals surface area contributed by atoms with Gasteiger partial charge in [-0.2, -0.15) is 0 Å². The fourth-order valence-electron chi connectivity index (χ4n) is 1.46. The molecule has 0 bridgehead atoms. The Morgan fingerprint density at radius 2 is 2.20 bits per heavy atom.